The molecule has 1 aliphatic heterocycles. The first-order chi connectivity index (χ1) is 24.6. The number of carbonyl (C=O) groups is 4. The van der Waals surface area contributed by atoms with Crippen LogP contribution >= 0.6 is 34.7 Å². The van der Waals surface area contributed by atoms with Crippen LogP contribution in [0.1, 0.15) is 72.1 Å². The Morgan fingerprint density at radius 3 is 2.50 bits per heavy atom. The third kappa shape index (κ3) is 8.80. The van der Waals surface area contributed by atoms with Crippen molar-refractivity contribution in [3.05, 3.63) is 29.4 Å². The number of halogens is 1. The van der Waals surface area contributed by atoms with Crippen LogP contribution in [0.2, 0.25) is 5.15 Å². The van der Waals surface area contributed by atoms with Gasteiger partial charge in [0.15, 0.2) is 9.50 Å². The van der Waals surface area contributed by atoms with Crippen LogP contribution in [0.3, 0.4) is 0 Å². The van der Waals surface area contributed by atoms with E-state index < -0.39 is 74.1 Å². The van der Waals surface area contributed by atoms with Gasteiger partial charge in [-0.1, -0.05) is 49.8 Å². The van der Waals surface area contributed by atoms with Crippen LogP contribution in [0.15, 0.2) is 33.7 Å². The molecule has 3 heterocycles. The number of hydrogen-bond acceptors (Lipinski definition) is 14. The maximum Gasteiger partial charge on any atom is 0.408 e. The Morgan fingerprint density at radius 1 is 1.15 bits per heavy atom. The second-order valence-electron chi connectivity index (χ2n) is 14.5. The maximum atomic E-state index is 14.5. The van der Waals surface area contributed by atoms with E-state index in [0.717, 1.165) is 37.4 Å². The first-order valence-corrected chi connectivity index (χ1v) is 20.6. The van der Waals surface area contributed by atoms with E-state index in [2.05, 4.69) is 42.1 Å². The smallest absolute Gasteiger partial charge is 0.408 e. The van der Waals surface area contributed by atoms with Crippen molar-refractivity contribution in [2.24, 2.45) is 11.3 Å². The molecule has 0 radical (unpaired) electrons. The molecule has 0 aromatic carbocycles. The molecule has 3 saturated carbocycles. The second kappa shape index (κ2) is 15.1. The topological polar surface area (TPSA) is 212 Å². The minimum absolute atomic E-state index is 0.0295. The van der Waals surface area contributed by atoms with E-state index in [4.69, 9.17) is 21.1 Å². The molecule has 0 spiro atoms. The molecule has 16 nitrogen and oxygen atoms in total. The molecule has 282 valence electrons. The molecule has 1 saturated heterocycles. The predicted octanol–water partition coefficient (Wildman–Crippen LogP) is 3.23. The molecule has 20 heteroatoms. The zero-order valence-electron chi connectivity index (χ0n) is 28.9. The fraction of sp³-hybridized carbons (Fsp3) is 0.625. The standard InChI is InChI=1S/C32H41ClN8O8S3/c1-5-17-14-32(17,27(44)40-52(46,47)20-10-11-20)38-25(42)21-12-19(48-23-13-22(33)35-28(36-23)51-30-39-34-16-50-30)15-41(21)26(43)24(31(2,3)4)37-29(45)49-18-8-6-7-9-18/h5,13,16-21,24H,1,6-12,14-15H2,2-4H3,(H,37,45)(H,38,42)(H,40,44)/t17-,19-,21+,24-,32-/m1/s1. The number of carbonyl (C=O) groups excluding carboxylic acids is 4. The SMILES string of the molecule is C=C[C@@H]1C[C@]1(NC(=O)[C@@H]1C[C@@H](Oc2cc(Cl)nc(Sc3nncs3)n2)CN1C(=O)[C@@H](NC(=O)OC1CCCC1)C(C)(C)C)C(=O)NS(=O)(=O)C1CC1. The van der Waals surface area contributed by atoms with Gasteiger partial charge in [-0.05, 0) is 62.1 Å². The lowest BCUT2D eigenvalue weighted by Crippen LogP contribution is -2.60. The Labute approximate surface area is 314 Å². The quantitative estimate of drug-likeness (QED) is 0.151. The van der Waals surface area contributed by atoms with E-state index in [1.807, 2.05) is 0 Å². The molecule has 6 rings (SSSR count). The molecule has 3 aliphatic carbocycles. The predicted molar refractivity (Wildman–Crippen MR) is 190 cm³/mol. The molecular weight excluding hydrogens is 756 g/mol. The number of alkyl carbamates (subject to hydrolysis) is 1. The summed E-state index contributed by atoms with van der Waals surface area (Å²) >= 11 is 8.71. The van der Waals surface area contributed by atoms with Gasteiger partial charge in [0.1, 0.15) is 40.5 Å². The summed E-state index contributed by atoms with van der Waals surface area (Å²) in [5.41, 5.74) is -0.823. The van der Waals surface area contributed by atoms with Crippen LogP contribution in [0, 0.1) is 11.3 Å². The minimum Gasteiger partial charge on any atom is -0.472 e. The Balaban J connectivity index is 1.25. The number of ether oxygens (including phenoxy) is 2. The van der Waals surface area contributed by atoms with Crippen LogP contribution in [0.5, 0.6) is 5.88 Å². The molecule has 3 N–H and O–H groups in total. The first-order valence-electron chi connectivity index (χ1n) is 17.0. The molecule has 0 bridgehead atoms. The van der Waals surface area contributed by atoms with Gasteiger partial charge in [-0.3, -0.25) is 19.1 Å². The van der Waals surface area contributed by atoms with Crippen molar-refractivity contribution in [1.29, 1.82) is 0 Å². The zero-order valence-corrected chi connectivity index (χ0v) is 32.1. The summed E-state index contributed by atoms with van der Waals surface area (Å²) < 4.78 is 39.9. The van der Waals surface area contributed by atoms with Crippen LogP contribution in [0.4, 0.5) is 4.79 Å². The lowest BCUT2D eigenvalue weighted by atomic mass is 9.85. The summed E-state index contributed by atoms with van der Waals surface area (Å²) in [6.45, 7) is 9.00. The molecule has 4 aliphatic rings. The van der Waals surface area contributed by atoms with Crippen molar-refractivity contribution in [2.45, 2.75) is 117 Å². The number of likely N-dealkylation sites (tertiary alicyclic amines) is 1. The van der Waals surface area contributed by atoms with Gasteiger partial charge in [0.25, 0.3) is 5.91 Å². The van der Waals surface area contributed by atoms with E-state index in [-0.39, 0.29) is 41.7 Å². The zero-order chi connectivity index (χ0) is 37.4. The fourth-order valence-corrected chi connectivity index (χ4v) is 9.39. The van der Waals surface area contributed by atoms with Crippen molar-refractivity contribution in [2.75, 3.05) is 6.54 Å². The highest BCUT2D eigenvalue weighted by molar-refractivity contribution is 8.00. The Bertz CT molecular complexity index is 1820. The number of sulfonamides is 1. The summed E-state index contributed by atoms with van der Waals surface area (Å²) in [7, 11) is -3.91. The number of aromatic nitrogens is 4. The van der Waals surface area contributed by atoms with Gasteiger partial charge >= 0.3 is 6.09 Å². The summed E-state index contributed by atoms with van der Waals surface area (Å²) in [6.07, 6.45) is 4.10. The Morgan fingerprint density at radius 2 is 1.88 bits per heavy atom. The Hall–Kier alpha value is -3.55. The average molecular weight is 797 g/mol. The van der Waals surface area contributed by atoms with Crippen molar-refractivity contribution in [1.82, 2.24) is 40.4 Å². The number of rotatable bonds is 13. The van der Waals surface area contributed by atoms with Crippen molar-refractivity contribution in [3.63, 3.8) is 0 Å². The van der Waals surface area contributed by atoms with E-state index in [9.17, 15) is 27.6 Å². The molecule has 2 aromatic heterocycles. The molecule has 5 atom stereocenters. The molecule has 2 aromatic rings. The van der Waals surface area contributed by atoms with Crippen LogP contribution < -0.4 is 20.1 Å². The second-order valence-corrected chi connectivity index (χ2v) is 18.9. The van der Waals surface area contributed by atoms with Gasteiger partial charge in [-0.15, -0.1) is 16.8 Å². The fourth-order valence-electron chi connectivity index (χ4n) is 6.46. The summed E-state index contributed by atoms with van der Waals surface area (Å²) in [5.74, 6) is -2.57. The van der Waals surface area contributed by atoms with E-state index in [1.165, 1.54) is 28.4 Å². The van der Waals surface area contributed by atoms with E-state index >= 15 is 0 Å². The van der Waals surface area contributed by atoms with Gasteiger partial charge in [0.05, 0.1) is 11.8 Å². The molecule has 0 unspecified atom stereocenters. The minimum atomic E-state index is -3.91. The highest BCUT2D eigenvalue weighted by Gasteiger charge is 2.62. The lowest BCUT2D eigenvalue weighted by molar-refractivity contribution is -0.143. The summed E-state index contributed by atoms with van der Waals surface area (Å²) in [5, 5.41) is 13.0. The van der Waals surface area contributed by atoms with E-state index in [0.29, 0.717) is 17.2 Å². The Kier molecular flexibility index (Phi) is 11.1. The highest BCUT2D eigenvalue weighted by Crippen LogP contribution is 2.45. The lowest BCUT2D eigenvalue weighted by Gasteiger charge is -2.35. The van der Waals surface area contributed by atoms with Gasteiger partial charge in [0, 0.05) is 18.4 Å². The van der Waals surface area contributed by atoms with E-state index in [1.54, 1.807) is 26.3 Å². The monoisotopic (exact) mass is 796 g/mol. The van der Waals surface area contributed by atoms with Crippen molar-refractivity contribution >= 4 is 68.5 Å². The van der Waals surface area contributed by atoms with Gasteiger partial charge < -0.3 is 25.0 Å². The van der Waals surface area contributed by atoms with Gasteiger partial charge in [0.2, 0.25) is 27.7 Å². The number of amides is 4. The normalized spacial score (nSPS) is 25.2. The highest BCUT2D eigenvalue weighted by atomic mass is 35.5. The summed E-state index contributed by atoms with van der Waals surface area (Å²) in [4.78, 5) is 65.1. The van der Waals surface area contributed by atoms with Crippen molar-refractivity contribution < 1.29 is 37.1 Å². The summed E-state index contributed by atoms with van der Waals surface area (Å²) in [6, 6.07) is -0.887. The third-order valence-electron chi connectivity index (χ3n) is 9.51. The average Bonchev–Trinajstić information content (AvgIpc) is 3.84. The molecule has 4 amide bonds. The van der Waals surface area contributed by atoms with Gasteiger partial charge in [-0.25, -0.2) is 18.2 Å². The molecular formula is C32H41ClN8O8S3. The largest absolute Gasteiger partial charge is 0.472 e. The van der Waals surface area contributed by atoms with Crippen molar-refractivity contribution in [3.8, 4) is 5.88 Å². The number of nitrogens with one attached hydrogen (secondary N) is 3. The first kappa shape index (κ1) is 38.2. The van der Waals surface area contributed by atoms with Crippen LogP contribution in [0.25, 0.3) is 0 Å². The maximum absolute atomic E-state index is 14.5. The molecule has 52 heavy (non-hydrogen) atoms. The van der Waals surface area contributed by atoms with Gasteiger partial charge in [-0.2, -0.15) is 4.98 Å². The van der Waals surface area contributed by atoms with Crippen LogP contribution in [-0.2, 0) is 29.1 Å². The number of nitrogens with zero attached hydrogens (tertiary/aromatic N) is 5. The molecule has 4 fully saturated rings. The number of hydrogen-bond donors (Lipinski definition) is 3. The third-order valence-corrected chi connectivity index (χ3v) is 13.2. The van der Waals surface area contributed by atoms with Crippen LogP contribution in [-0.4, -0.2) is 98.9 Å².